The third-order valence-electron chi connectivity index (χ3n) is 3.25. The average Bonchev–Trinajstić information content (AvgIpc) is 2.79. The highest BCUT2D eigenvalue weighted by atomic mass is 16.5. The van der Waals surface area contributed by atoms with Crippen molar-refractivity contribution in [3.63, 3.8) is 0 Å². The summed E-state index contributed by atoms with van der Waals surface area (Å²) >= 11 is 0. The molecule has 5 heteroatoms. The second-order valence-electron chi connectivity index (χ2n) is 4.52. The van der Waals surface area contributed by atoms with Crippen LogP contribution in [0, 0.1) is 11.8 Å². The molecule has 1 aliphatic rings. The van der Waals surface area contributed by atoms with E-state index in [0.717, 1.165) is 5.56 Å². The van der Waals surface area contributed by atoms with E-state index >= 15 is 0 Å². The number of ether oxygens (including phenoxy) is 1. The molecule has 0 bridgehead atoms. The lowest BCUT2D eigenvalue weighted by atomic mass is 9.96. The Balaban J connectivity index is 1.99. The Morgan fingerprint density at radius 3 is 2.58 bits per heavy atom. The Kier molecular flexibility index (Phi) is 3.94. The van der Waals surface area contributed by atoms with Crippen molar-refractivity contribution in [3.8, 4) is 0 Å². The first-order chi connectivity index (χ1) is 9.09. The van der Waals surface area contributed by atoms with Crippen LogP contribution in [-0.4, -0.2) is 22.8 Å². The number of carbonyl (C=O) groups excluding carboxylic acids is 2. The highest BCUT2D eigenvalue weighted by Gasteiger charge is 2.45. The first-order valence-corrected chi connectivity index (χ1v) is 6.05. The number of carboxylic acids is 1. The summed E-state index contributed by atoms with van der Waals surface area (Å²) in [5.41, 5.74) is 0.799. The second kappa shape index (κ2) is 5.65. The van der Waals surface area contributed by atoms with Gasteiger partial charge in [-0.2, -0.15) is 0 Å². The summed E-state index contributed by atoms with van der Waals surface area (Å²) in [4.78, 5) is 34.4. The van der Waals surface area contributed by atoms with Crippen LogP contribution in [0.3, 0.4) is 0 Å². The Morgan fingerprint density at radius 2 is 1.95 bits per heavy atom. The summed E-state index contributed by atoms with van der Waals surface area (Å²) in [6, 6.07) is 9.04. The van der Waals surface area contributed by atoms with Crippen LogP contribution in [-0.2, 0) is 25.7 Å². The van der Waals surface area contributed by atoms with Crippen LogP contribution in [0.5, 0.6) is 0 Å². The lowest BCUT2D eigenvalue weighted by Gasteiger charge is -2.13. The van der Waals surface area contributed by atoms with Gasteiger partial charge in [-0.25, -0.2) is 0 Å². The van der Waals surface area contributed by atoms with Gasteiger partial charge in [-0.1, -0.05) is 30.3 Å². The van der Waals surface area contributed by atoms with Crippen molar-refractivity contribution in [1.82, 2.24) is 0 Å². The molecule has 0 radical (unpaired) electrons. The maximum atomic E-state index is 11.8. The van der Waals surface area contributed by atoms with Gasteiger partial charge in [0.15, 0.2) is 0 Å². The van der Waals surface area contributed by atoms with Crippen molar-refractivity contribution in [2.24, 2.45) is 11.8 Å². The smallest absolute Gasteiger partial charge is 0.317 e. The number of aliphatic carboxylic acids is 1. The van der Waals surface area contributed by atoms with E-state index in [1.807, 2.05) is 18.2 Å². The van der Waals surface area contributed by atoms with Crippen LogP contribution >= 0.6 is 0 Å². The van der Waals surface area contributed by atoms with Crippen molar-refractivity contribution in [1.29, 1.82) is 0 Å². The molecule has 1 N–H and O–H groups in total. The molecule has 2 rings (SSSR count). The Labute approximate surface area is 110 Å². The van der Waals surface area contributed by atoms with Crippen LogP contribution in [0.2, 0.25) is 0 Å². The number of carboxylic acid groups (broad SMARTS) is 1. The molecule has 19 heavy (non-hydrogen) atoms. The highest BCUT2D eigenvalue weighted by Crippen LogP contribution is 2.30. The van der Waals surface area contributed by atoms with E-state index in [0.29, 0.717) is 0 Å². The summed E-state index contributed by atoms with van der Waals surface area (Å²) in [6.45, 7) is 0.0514. The Hall–Kier alpha value is -2.17. The average molecular weight is 262 g/mol. The molecule has 1 aliphatic carbocycles. The van der Waals surface area contributed by atoms with E-state index in [2.05, 4.69) is 0 Å². The topological polar surface area (TPSA) is 80.7 Å². The molecule has 1 saturated carbocycles. The molecule has 0 saturated heterocycles. The van der Waals surface area contributed by atoms with Gasteiger partial charge in [0.25, 0.3) is 0 Å². The van der Waals surface area contributed by atoms with E-state index in [1.54, 1.807) is 12.1 Å². The minimum Gasteiger partial charge on any atom is -0.481 e. The minimum absolute atomic E-state index is 0.0514. The van der Waals surface area contributed by atoms with Gasteiger partial charge >= 0.3 is 11.9 Å². The maximum Gasteiger partial charge on any atom is 0.317 e. The van der Waals surface area contributed by atoms with Crippen molar-refractivity contribution in [2.45, 2.75) is 19.4 Å². The molecule has 0 unspecified atom stereocenters. The van der Waals surface area contributed by atoms with E-state index in [1.165, 1.54) is 0 Å². The zero-order valence-corrected chi connectivity index (χ0v) is 10.2. The predicted octanol–water partition coefficient (Wildman–Crippen LogP) is 1.41. The molecule has 5 nitrogen and oxygen atoms in total. The maximum absolute atomic E-state index is 11.8. The number of ketones is 1. The monoisotopic (exact) mass is 262 g/mol. The van der Waals surface area contributed by atoms with Crippen LogP contribution in [0.15, 0.2) is 30.3 Å². The van der Waals surface area contributed by atoms with Gasteiger partial charge in [0.1, 0.15) is 18.3 Å². The second-order valence-corrected chi connectivity index (χ2v) is 4.52. The number of Topliss-reactive ketones (excluding diaryl/α,β-unsaturated/α-hetero) is 1. The van der Waals surface area contributed by atoms with Crippen LogP contribution in [0.25, 0.3) is 0 Å². The zero-order valence-electron chi connectivity index (χ0n) is 10.2. The molecular formula is C14H14O5. The van der Waals surface area contributed by atoms with Gasteiger partial charge < -0.3 is 9.84 Å². The molecule has 0 aliphatic heterocycles. The minimum atomic E-state index is -1.15. The van der Waals surface area contributed by atoms with Crippen molar-refractivity contribution in [2.75, 3.05) is 0 Å². The molecule has 0 heterocycles. The summed E-state index contributed by atoms with van der Waals surface area (Å²) in [5.74, 6) is -4.30. The number of esters is 1. The third-order valence-corrected chi connectivity index (χ3v) is 3.25. The van der Waals surface area contributed by atoms with Gasteiger partial charge in [-0.15, -0.1) is 0 Å². The van der Waals surface area contributed by atoms with Crippen molar-refractivity contribution < 1.29 is 24.2 Å². The molecule has 0 amide bonds. The van der Waals surface area contributed by atoms with Crippen LogP contribution in [0.4, 0.5) is 0 Å². The molecule has 1 aromatic rings. The molecule has 0 aromatic heterocycles. The number of benzene rings is 1. The number of hydrogen-bond acceptors (Lipinski definition) is 4. The zero-order chi connectivity index (χ0) is 13.8. The third kappa shape index (κ3) is 2.99. The van der Waals surface area contributed by atoms with Gasteiger partial charge in [0.05, 0.1) is 5.92 Å². The van der Waals surface area contributed by atoms with Crippen LogP contribution < -0.4 is 0 Å². The fraction of sp³-hybridized carbons (Fsp3) is 0.357. The number of rotatable bonds is 4. The molecule has 1 aromatic carbocycles. The highest BCUT2D eigenvalue weighted by molar-refractivity contribution is 6.04. The summed E-state index contributed by atoms with van der Waals surface area (Å²) < 4.78 is 5.04. The van der Waals surface area contributed by atoms with Crippen LogP contribution in [0.1, 0.15) is 18.4 Å². The van der Waals surface area contributed by atoms with Gasteiger partial charge in [0, 0.05) is 6.42 Å². The van der Waals surface area contributed by atoms with E-state index in [4.69, 9.17) is 9.84 Å². The normalized spacial score (nSPS) is 22.2. The lowest BCUT2D eigenvalue weighted by molar-refractivity contribution is -0.159. The molecule has 2 atom stereocenters. The summed E-state index contributed by atoms with van der Waals surface area (Å²) in [6.07, 6.45) is 0.335. The Bertz CT molecular complexity index is 494. The largest absolute Gasteiger partial charge is 0.481 e. The van der Waals surface area contributed by atoms with Gasteiger partial charge in [0.2, 0.25) is 0 Å². The first-order valence-electron chi connectivity index (χ1n) is 6.05. The summed E-state index contributed by atoms with van der Waals surface area (Å²) in [7, 11) is 0. The molecular weight excluding hydrogens is 248 g/mol. The molecule has 100 valence electrons. The van der Waals surface area contributed by atoms with Crippen molar-refractivity contribution in [3.05, 3.63) is 35.9 Å². The summed E-state index contributed by atoms with van der Waals surface area (Å²) in [5, 5.41) is 8.98. The first kappa shape index (κ1) is 13.3. The van der Waals surface area contributed by atoms with E-state index in [-0.39, 0.29) is 25.2 Å². The predicted molar refractivity (Wildman–Crippen MR) is 65.1 cm³/mol. The van der Waals surface area contributed by atoms with Gasteiger partial charge in [-0.05, 0) is 12.0 Å². The fourth-order valence-corrected chi connectivity index (χ4v) is 2.22. The number of carbonyl (C=O) groups is 3. The molecule has 0 spiro atoms. The Morgan fingerprint density at radius 1 is 1.26 bits per heavy atom. The quantitative estimate of drug-likeness (QED) is 0.655. The fourth-order valence-electron chi connectivity index (χ4n) is 2.22. The van der Waals surface area contributed by atoms with E-state index in [9.17, 15) is 14.4 Å². The standard InChI is InChI=1S/C14H14O5/c15-11-7-6-10(13(16)17)12(11)14(18)19-8-9-4-2-1-3-5-9/h1-5,10,12H,6-8H2,(H,16,17)/t10-,12+/m1/s1. The SMILES string of the molecule is O=C1CC[C@@H](C(=O)O)[C@@H]1C(=O)OCc1ccccc1. The lowest BCUT2D eigenvalue weighted by Crippen LogP contribution is -2.31. The molecule has 1 fully saturated rings. The van der Waals surface area contributed by atoms with Gasteiger partial charge in [-0.3, -0.25) is 14.4 Å². The van der Waals surface area contributed by atoms with Crippen molar-refractivity contribution >= 4 is 17.7 Å². The number of hydrogen-bond donors (Lipinski definition) is 1. The van der Waals surface area contributed by atoms with E-state index < -0.39 is 23.8 Å².